The van der Waals surface area contributed by atoms with E-state index in [2.05, 4.69) is 121 Å². The molecule has 1 aliphatic carbocycles. The monoisotopic (exact) mass is 337 g/mol. The fraction of sp³-hybridized carbons (Fsp3) is 0.120. The summed E-state index contributed by atoms with van der Waals surface area (Å²) in [5.74, 6) is 0. The molecule has 2 unspecified atom stereocenters. The van der Waals surface area contributed by atoms with Gasteiger partial charge in [-0.1, -0.05) is 103 Å². The van der Waals surface area contributed by atoms with E-state index in [9.17, 15) is 0 Å². The number of benzene rings is 3. The molecule has 0 saturated carbocycles. The predicted octanol–water partition coefficient (Wildman–Crippen LogP) is 6.22. The number of hydrogen-bond acceptors (Lipinski definition) is 1. The van der Waals surface area contributed by atoms with Gasteiger partial charge in [0.15, 0.2) is 0 Å². The van der Waals surface area contributed by atoms with Gasteiger partial charge in [0.25, 0.3) is 0 Å². The molecule has 3 aromatic carbocycles. The molecule has 0 amide bonds. The second kappa shape index (κ2) is 7.05. The highest BCUT2D eigenvalue weighted by atomic mass is 14.9. The van der Waals surface area contributed by atoms with Crippen LogP contribution in [-0.2, 0) is 5.41 Å². The van der Waals surface area contributed by atoms with Crippen LogP contribution in [0, 0.1) is 0 Å². The summed E-state index contributed by atoms with van der Waals surface area (Å²) in [6, 6.07) is 30.0. The van der Waals surface area contributed by atoms with Crippen molar-refractivity contribution in [3.8, 4) is 11.1 Å². The van der Waals surface area contributed by atoms with Gasteiger partial charge in [0.05, 0.1) is 6.04 Å². The van der Waals surface area contributed by atoms with Crippen LogP contribution in [0.4, 0.5) is 5.69 Å². The molecule has 1 aliphatic rings. The zero-order valence-electron chi connectivity index (χ0n) is 15.0. The molecule has 1 N–H and O–H groups in total. The van der Waals surface area contributed by atoms with Crippen molar-refractivity contribution in [3.05, 3.63) is 115 Å². The Hall–Kier alpha value is -3.06. The van der Waals surface area contributed by atoms with Gasteiger partial charge in [-0.25, -0.2) is 0 Å². The Kier molecular flexibility index (Phi) is 4.45. The third-order valence-corrected chi connectivity index (χ3v) is 5.22. The highest BCUT2D eigenvalue weighted by molar-refractivity contribution is 5.78. The summed E-state index contributed by atoms with van der Waals surface area (Å²) in [7, 11) is 0. The van der Waals surface area contributed by atoms with Gasteiger partial charge in [-0.15, -0.1) is 0 Å². The first-order valence-corrected chi connectivity index (χ1v) is 9.10. The largest absolute Gasteiger partial charge is 0.377 e. The van der Waals surface area contributed by atoms with Gasteiger partial charge in [-0.2, -0.15) is 0 Å². The van der Waals surface area contributed by atoms with Crippen LogP contribution in [0.2, 0.25) is 0 Å². The Bertz CT molecular complexity index is 925. The summed E-state index contributed by atoms with van der Waals surface area (Å²) in [6.07, 6.45) is 8.83. The zero-order chi connectivity index (χ0) is 17.8. The van der Waals surface area contributed by atoms with Crippen molar-refractivity contribution in [2.24, 2.45) is 0 Å². The van der Waals surface area contributed by atoms with Crippen LogP contribution in [0.15, 0.2) is 109 Å². The molecule has 0 bridgehead atoms. The Morgan fingerprint density at radius 1 is 0.731 bits per heavy atom. The van der Waals surface area contributed by atoms with Gasteiger partial charge in [-0.3, -0.25) is 0 Å². The van der Waals surface area contributed by atoms with E-state index in [1.54, 1.807) is 0 Å². The van der Waals surface area contributed by atoms with Crippen molar-refractivity contribution in [2.45, 2.75) is 18.4 Å². The van der Waals surface area contributed by atoms with Gasteiger partial charge in [0, 0.05) is 16.7 Å². The topological polar surface area (TPSA) is 12.0 Å². The van der Waals surface area contributed by atoms with Crippen LogP contribution in [0.3, 0.4) is 0 Å². The number of rotatable bonds is 4. The first-order valence-electron chi connectivity index (χ1n) is 9.10. The summed E-state index contributed by atoms with van der Waals surface area (Å²) in [4.78, 5) is 0. The van der Waals surface area contributed by atoms with Crippen LogP contribution in [0.5, 0.6) is 0 Å². The highest BCUT2D eigenvalue weighted by Gasteiger charge is 2.33. The van der Waals surface area contributed by atoms with Crippen molar-refractivity contribution in [3.63, 3.8) is 0 Å². The second-order valence-corrected chi connectivity index (χ2v) is 6.93. The lowest BCUT2D eigenvalue weighted by atomic mass is 9.73. The number of nitrogens with one attached hydrogen (secondary N) is 1. The molecule has 0 aliphatic heterocycles. The minimum Gasteiger partial charge on any atom is -0.377 e. The first-order chi connectivity index (χ1) is 12.8. The van der Waals surface area contributed by atoms with E-state index in [1.807, 2.05) is 0 Å². The van der Waals surface area contributed by atoms with E-state index in [0.717, 1.165) is 5.69 Å². The quantitative estimate of drug-likeness (QED) is 0.596. The molecule has 0 heterocycles. The summed E-state index contributed by atoms with van der Waals surface area (Å²) >= 11 is 0. The average molecular weight is 337 g/mol. The van der Waals surface area contributed by atoms with Crippen LogP contribution >= 0.6 is 0 Å². The number of allylic oxidation sites excluding steroid dienone is 2. The number of anilines is 1. The first kappa shape index (κ1) is 16.4. The molecule has 0 fully saturated rings. The normalized spacial score (nSPS) is 21.5. The summed E-state index contributed by atoms with van der Waals surface area (Å²) in [6.45, 7) is 2.30. The molecule has 0 spiro atoms. The molecule has 2 atom stereocenters. The van der Waals surface area contributed by atoms with E-state index in [-0.39, 0.29) is 11.5 Å². The highest BCUT2D eigenvalue weighted by Crippen LogP contribution is 2.36. The summed E-state index contributed by atoms with van der Waals surface area (Å²) < 4.78 is 0. The molecular formula is C25H23N. The van der Waals surface area contributed by atoms with E-state index < -0.39 is 0 Å². The lowest BCUT2D eigenvalue weighted by Crippen LogP contribution is -2.40. The van der Waals surface area contributed by atoms with Gasteiger partial charge < -0.3 is 5.32 Å². The molecule has 3 aromatic rings. The Labute approximate surface area is 155 Å². The van der Waals surface area contributed by atoms with E-state index in [4.69, 9.17) is 0 Å². The standard InChI is InChI=1S/C25H23N/c1-25(21-14-6-3-7-15-21)19-11-10-18-24(25)26-23-17-9-8-16-22(23)20-12-4-2-5-13-20/h2-19,24,26H,1H3. The van der Waals surface area contributed by atoms with Crippen LogP contribution in [-0.4, -0.2) is 6.04 Å². The summed E-state index contributed by atoms with van der Waals surface area (Å²) in [5.41, 5.74) is 4.83. The number of para-hydroxylation sites is 1. The Balaban J connectivity index is 1.71. The molecule has 0 saturated heterocycles. The van der Waals surface area contributed by atoms with E-state index in [0.29, 0.717) is 0 Å². The lowest BCUT2D eigenvalue weighted by Gasteiger charge is -2.37. The Morgan fingerprint density at radius 3 is 2.15 bits per heavy atom. The zero-order valence-corrected chi connectivity index (χ0v) is 15.0. The van der Waals surface area contributed by atoms with Gasteiger partial charge >= 0.3 is 0 Å². The third kappa shape index (κ3) is 3.09. The fourth-order valence-corrected chi connectivity index (χ4v) is 3.65. The summed E-state index contributed by atoms with van der Waals surface area (Å²) in [5, 5.41) is 3.80. The fourth-order valence-electron chi connectivity index (χ4n) is 3.65. The maximum absolute atomic E-state index is 3.80. The van der Waals surface area contributed by atoms with Crippen molar-refractivity contribution in [2.75, 3.05) is 5.32 Å². The SMILES string of the molecule is CC1(c2ccccc2)C=CC=CC1Nc1ccccc1-c1ccccc1. The smallest absolute Gasteiger partial charge is 0.0576 e. The molecular weight excluding hydrogens is 314 g/mol. The number of hydrogen-bond donors (Lipinski definition) is 1. The molecule has 0 radical (unpaired) electrons. The maximum atomic E-state index is 3.80. The Morgan fingerprint density at radius 2 is 1.38 bits per heavy atom. The van der Waals surface area contributed by atoms with Crippen LogP contribution in [0.1, 0.15) is 12.5 Å². The molecule has 4 rings (SSSR count). The van der Waals surface area contributed by atoms with Gasteiger partial charge in [0.2, 0.25) is 0 Å². The minimum atomic E-state index is -0.0974. The molecule has 1 nitrogen and oxygen atoms in total. The predicted molar refractivity (Wildman–Crippen MR) is 111 cm³/mol. The second-order valence-electron chi connectivity index (χ2n) is 6.93. The van der Waals surface area contributed by atoms with Crippen molar-refractivity contribution < 1.29 is 0 Å². The van der Waals surface area contributed by atoms with Gasteiger partial charge in [0.1, 0.15) is 0 Å². The van der Waals surface area contributed by atoms with Crippen molar-refractivity contribution >= 4 is 5.69 Å². The molecule has 0 aromatic heterocycles. The molecule has 128 valence electrons. The van der Waals surface area contributed by atoms with Crippen LogP contribution < -0.4 is 5.32 Å². The van der Waals surface area contributed by atoms with E-state index in [1.165, 1.54) is 16.7 Å². The van der Waals surface area contributed by atoms with Crippen LogP contribution in [0.25, 0.3) is 11.1 Å². The molecule has 1 heteroatoms. The van der Waals surface area contributed by atoms with Crippen molar-refractivity contribution in [1.29, 1.82) is 0 Å². The maximum Gasteiger partial charge on any atom is 0.0576 e. The van der Waals surface area contributed by atoms with E-state index >= 15 is 0 Å². The average Bonchev–Trinajstić information content (AvgIpc) is 2.71. The third-order valence-electron chi connectivity index (χ3n) is 5.22. The lowest BCUT2D eigenvalue weighted by molar-refractivity contribution is 0.546. The minimum absolute atomic E-state index is 0.0974. The van der Waals surface area contributed by atoms with Crippen molar-refractivity contribution in [1.82, 2.24) is 0 Å². The molecule has 26 heavy (non-hydrogen) atoms. The van der Waals surface area contributed by atoms with Gasteiger partial charge in [-0.05, 0) is 24.1 Å².